The van der Waals surface area contributed by atoms with E-state index in [9.17, 15) is 8.42 Å². The van der Waals surface area contributed by atoms with Crippen LogP contribution in [-0.2, 0) is 28.4 Å². The summed E-state index contributed by atoms with van der Waals surface area (Å²) in [5.41, 5.74) is 1.33. The van der Waals surface area contributed by atoms with E-state index in [0.29, 0.717) is 18.5 Å². The lowest BCUT2D eigenvalue weighted by molar-refractivity contribution is 0.515. The van der Waals surface area contributed by atoms with Gasteiger partial charge in [0.1, 0.15) is 4.90 Å². The molecule has 0 saturated carbocycles. The molecule has 0 saturated heterocycles. The van der Waals surface area contributed by atoms with E-state index in [1.807, 2.05) is 18.5 Å². The maximum atomic E-state index is 11.7. The van der Waals surface area contributed by atoms with Crippen molar-refractivity contribution in [2.24, 2.45) is 0 Å². The van der Waals surface area contributed by atoms with Gasteiger partial charge >= 0.3 is 0 Å². The van der Waals surface area contributed by atoms with Crippen LogP contribution in [0.25, 0.3) is 0 Å². The standard InChI is InChI=1S/C14H25ClN2O2S/c1-4-7-8-9-10-11-17-13(6-3)14(20(15,18)19)12(5-2)16-17/h4-11H2,1-3H3. The van der Waals surface area contributed by atoms with Crippen LogP contribution >= 0.6 is 10.7 Å². The van der Waals surface area contributed by atoms with Crippen molar-refractivity contribution in [1.29, 1.82) is 0 Å². The number of halogens is 1. The first-order valence-electron chi connectivity index (χ1n) is 7.48. The molecular weight excluding hydrogens is 296 g/mol. The minimum absolute atomic E-state index is 0.234. The Bertz CT molecular complexity index is 524. The number of aromatic nitrogens is 2. The normalized spacial score (nSPS) is 12.0. The lowest BCUT2D eigenvalue weighted by Gasteiger charge is -2.06. The summed E-state index contributed by atoms with van der Waals surface area (Å²) in [6.45, 7) is 6.80. The zero-order valence-electron chi connectivity index (χ0n) is 12.7. The minimum atomic E-state index is -3.72. The Hall–Kier alpha value is -0.550. The summed E-state index contributed by atoms with van der Waals surface area (Å²) < 4.78 is 25.3. The first-order chi connectivity index (χ1) is 9.45. The predicted octanol–water partition coefficient (Wildman–Crippen LogP) is 3.91. The number of hydrogen-bond donors (Lipinski definition) is 0. The molecule has 4 nitrogen and oxygen atoms in total. The average molecular weight is 321 g/mol. The highest BCUT2D eigenvalue weighted by Crippen LogP contribution is 2.25. The van der Waals surface area contributed by atoms with Crippen molar-refractivity contribution in [3.05, 3.63) is 11.4 Å². The van der Waals surface area contributed by atoms with Crippen molar-refractivity contribution in [2.45, 2.75) is 77.2 Å². The summed E-state index contributed by atoms with van der Waals surface area (Å²) >= 11 is 0. The summed E-state index contributed by atoms with van der Waals surface area (Å²) in [5.74, 6) is 0. The smallest absolute Gasteiger partial charge is 0.264 e. The van der Waals surface area contributed by atoms with E-state index in [2.05, 4.69) is 12.0 Å². The monoisotopic (exact) mass is 320 g/mol. The van der Waals surface area contributed by atoms with Gasteiger partial charge in [0.05, 0.1) is 11.4 Å². The molecule has 20 heavy (non-hydrogen) atoms. The van der Waals surface area contributed by atoms with Gasteiger partial charge in [-0.2, -0.15) is 5.10 Å². The van der Waals surface area contributed by atoms with Gasteiger partial charge in [-0.15, -0.1) is 0 Å². The Kier molecular flexibility index (Phi) is 7.03. The van der Waals surface area contributed by atoms with E-state index in [-0.39, 0.29) is 4.90 Å². The zero-order valence-corrected chi connectivity index (χ0v) is 14.2. The molecule has 0 unspecified atom stereocenters. The molecule has 1 aromatic heterocycles. The third-order valence-corrected chi connectivity index (χ3v) is 4.89. The fraction of sp³-hybridized carbons (Fsp3) is 0.786. The number of nitrogens with zero attached hydrogens (tertiary/aromatic N) is 2. The van der Waals surface area contributed by atoms with E-state index in [1.54, 1.807) is 0 Å². The van der Waals surface area contributed by atoms with Crippen LogP contribution in [0, 0.1) is 0 Å². The molecular formula is C14H25ClN2O2S. The minimum Gasteiger partial charge on any atom is -0.268 e. The van der Waals surface area contributed by atoms with Crippen LogP contribution in [0.4, 0.5) is 0 Å². The second kappa shape index (κ2) is 8.03. The SMILES string of the molecule is CCCCCCCn1nc(CC)c(S(=O)(=O)Cl)c1CC. The van der Waals surface area contributed by atoms with Gasteiger partial charge < -0.3 is 0 Å². The van der Waals surface area contributed by atoms with Crippen LogP contribution < -0.4 is 0 Å². The molecule has 0 aliphatic rings. The van der Waals surface area contributed by atoms with Gasteiger partial charge in [0.2, 0.25) is 0 Å². The Morgan fingerprint density at radius 1 is 1.05 bits per heavy atom. The Morgan fingerprint density at radius 2 is 1.70 bits per heavy atom. The zero-order chi connectivity index (χ0) is 15.2. The second-order valence-corrected chi connectivity index (χ2v) is 7.51. The second-order valence-electron chi connectivity index (χ2n) is 5.00. The highest BCUT2D eigenvalue weighted by atomic mass is 35.7. The van der Waals surface area contributed by atoms with Crippen molar-refractivity contribution in [1.82, 2.24) is 9.78 Å². The highest BCUT2D eigenvalue weighted by Gasteiger charge is 2.25. The van der Waals surface area contributed by atoms with Gasteiger partial charge in [-0.1, -0.05) is 46.5 Å². The molecule has 0 radical (unpaired) electrons. The van der Waals surface area contributed by atoms with E-state index in [4.69, 9.17) is 10.7 Å². The molecule has 0 N–H and O–H groups in total. The Labute approximate surface area is 126 Å². The van der Waals surface area contributed by atoms with Crippen molar-refractivity contribution >= 4 is 19.7 Å². The lowest BCUT2D eigenvalue weighted by atomic mass is 10.1. The highest BCUT2D eigenvalue weighted by molar-refractivity contribution is 8.13. The van der Waals surface area contributed by atoms with Gasteiger partial charge in [0.15, 0.2) is 0 Å². The molecule has 0 aliphatic carbocycles. The number of hydrogen-bond acceptors (Lipinski definition) is 3. The summed E-state index contributed by atoms with van der Waals surface area (Å²) in [6, 6.07) is 0. The number of rotatable bonds is 9. The van der Waals surface area contributed by atoms with Crippen LogP contribution in [0.5, 0.6) is 0 Å². The quantitative estimate of drug-likeness (QED) is 0.512. The molecule has 116 valence electrons. The van der Waals surface area contributed by atoms with Gasteiger partial charge in [-0.05, 0) is 19.3 Å². The van der Waals surface area contributed by atoms with Crippen LogP contribution in [-0.4, -0.2) is 18.2 Å². The van der Waals surface area contributed by atoms with Crippen LogP contribution in [0.15, 0.2) is 4.90 Å². The summed E-state index contributed by atoms with van der Waals surface area (Å²) in [4.78, 5) is 0.234. The average Bonchev–Trinajstić information content (AvgIpc) is 2.76. The third kappa shape index (κ3) is 4.48. The van der Waals surface area contributed by atoms with Crippen molar-refractivity contribution in [3.8, 4) is 0 Å². The van der Waals surface area contributed by atoms with Crippen LogP contribution in [0.3, 0.4) is 0 Å². The van der Waals surface area contributed by atoms with Gasteiger partial charge in [0.25, 0.3) is 9.05 Å². The summed E-state index contributed by atoms with van der Waals surface area (Å²) in [6.07, 6.45) is 7.08. The molecule has 0 aliphatic heterocycles. The third-order valence-electron chi connectivity index (χ3n) is 3.46. The first-order valence-corrected chi connectivity index (χ1v) is 9.79. The van der Waals surface area contributed by atoms with Crippen molar-refractivity contribution in [3.63, 3.8) is 0 Å². The van der Waals surface area contributed by atoms with Gasteiger partial charge in [0, 0.05) is 17.2 Å². The first kappa shape index (κ1) is 17.5. The molecule has 0 spiro atoms. The number of aryl methyl sites for hydroxylation is 2. The van der Waals surface area contributed by atoms with Crippen LogP contribution in [0.1, 0.15) is 64.3 Å². The fourth-order valence-corrected chi connectivity index (χ4v) is 3.97. The fourth-order valence-electron chi connectivity index (χ4n) is 2.44. The largest absolute Gasteiger partial charge is 0.268 e. The van der Waals surface area contributed by atoms with Crippen molar-refractivity contribution < 1.29 is 8.42 Å². The molecule has 0 fully saturated rings. The summed E-state index contributed by atoms with van der Waals surface area (Å²) in [7, 11) is 1.84. The molecule has 0 atom stereocenters. The molecule has 0 amide bonds. The van der Waals surface area contributed by atoms with E-state index in [0.717, 1.165) is 25.1 Å². The predicted molar refractivity (Wildman–Crippen MR) is 82.8 cm³/mol. The molecule has 1 heterocycles. The van der Waals surface area contributed by atoms with E-state index >= 15 is 0 Å². The topological polar surface area (TPSA) is 52.0 Å². The Morgan fingerprint density at radius 3 is 2.20 bits per heavy atom. The van der Waals surface area contributed by atoms with E-state index < -0.39 is 9.05 Å². The molecule has 6 heteroatoms. The maximum Gasteiger partial charge on any atom is 0.264 e. The van der Waals surface area contributed by atoms with E-state index in [1.165, 1.54) is 19.3 Å². The van der Waals surface area contributed by atoms with Gasteiger partial charge in [-0.3, -0.25) is 4.68 Å². The van der Waals surface area contributed by atoms with Crippen LogP contribution in [0.2, 0.25) is 0 Å². The Balaban J connectivity index is 2.89. The number of unbranched alkanes of at least 4 members (excludes halogenated alkanes) is 4. The van der Waals surface area contributed by atoms with Gasteiger partial charge in [-0.25, -0.2) is 8.42 Å². The molecule has 0 bridgehead atoms. The molecule has 1 rings (SSSR count). The van der Waals surface area contributed by atoms with Crippen molar-refractivity contribution in [2.75, 3.05) is 0 Å². The lowest BCUT2D eigenvalue weighted by Crippen LogP contribution is -2.06. The molecule has 0 aromatic carbocycles. The maximum absolute atomic E-state index is 11.7. The summed E-state index contributed by atoms with van der Waals surface area (Å²) in [5, 5.41) is 4.44. The molecule has 1 aromatic rings.